The number of rotatable bonds is 2. The standard InChI is InChI=1S/C12H17NO4Si/c1-2-4-12(5-3-1)17-18-14-9-6-13(7-10-15-18)8-11-16-18/h1-5H,6-11H2. The highest BCUT2D eigenvalue weighted by molar-refractivity contribution is 6.54. The van der Waals surface area contributed by atoms with Crippen molar-refractivity contribution in [1.29, 1.82) is 0 Å². The largest absolute Gasteiger partial charge is 0.749 e. The van der Waals surface area contributed by atoms with Crippen LogP contribution in [-0.2, 0) is 13.3 Å². The predicted octanol–water partition coefficient (Wildman–Crippen LogP) is 0.880. The van der Waals surface area contributed by atoms with E-state index in [0.717, 1.165) is 25.4 Å². The Bertz CT molecular complexity index is 362. The molecule has 5 nitrogen and oxygen atoms in total. The minimum Gasteiger partial charge on any atom is -0.480 e. The maximum absolute atomic E-state index is 5.90. The van der Waals surface area contributed by atoms with Gasteiger partial charge in [0.05, 0.1) is 19.8 Å². The van der Waals surface area contributed by atoms with Gasteiger partial charge in [0.2, 0.25) is 0 Å². The Hall–Kier alpha value is -0.923. The van der Waals surface area contributed by atoms with Gasteiger partial charge in [-0.1, -0.05) is 18.2 Å². The number of para-hydroxylation sites is 1. The first-order valence-corrected chi connectivity index (χ1v) is 7.88. The summed E-state index contributed by atoms with van der Waals surface area (Å²) >= 11 is 0. The SMILES string of the molecule is c1ccc(O[Si]23OCCN(CCO2)CCO3)cc1. The molecule has 2 bridgehead atoms. The van der Waals surface area contributed by atoms with Crippen molar-refractivity contribution in [3.8, 4) is 5.75 Å². The van der Waals surface area contributed by atoms with Gasteiger partial charge < -0.3 is 17.7 Å². The molecule has 3 fully saturated rings. The Kier molecular flexibility index (Phi) is 3.62. The van der Waals surface area contributed by atoms with E-state index < -0.39 is 9.05 Å². The molecular formula is C12H17NO4Si. The lowest BCUT2D eigenvalue weighted by Crippen LogP contribution is -2.59. The lowest BCUT2D eigenvalue weighted by Gasteiger charge is -2.36. The normalized spacial score (nSPS) is 32.3. The van der Waals surface area contributed by atoms with E-state index in [1.807, 2.05) is 30.3 Å². The molecule has 0 radical (unpaired) electrons. The molecule has 0 unspecified atom stereocenters. The van der Waals surface area contributed by atoms with Gasteiger partial charge >= 0.3 is 9.05 Å². The van der Waals surface area contributed by atoms with Crippen LogP contribution in [0, 0.1) is 0 Å². The summed E-state index contributed by atoms with van der Waals surface area (Å²) in [4.78, 5) is 2.28. The summed E-state index contributed by atoms with van der Waals surface area (Å²) < 4.78 is 23.2. The molecule has 98 valence electrons. The maximum Gasteiger partial charge on any atom is 0.749 e. The Morgan fingerprint density at radius 2 is 1.44 bits per heavy atom. The van der Waals surface area contributed by atoms with Gasteiger partial charge in [-0.25, -0.2) is 0 Å². The molecule has 0 N–H and O–H groups in total. The second-order valence-electron chi connectivity index (χ2n) is 4.30. The summed E-state index contributed by atoms with van der Waals surface area (Å²) in [5.41, 5.74) is 0. The molecule has 0 aromatic heterocycles. The summed E-state index contributed by atoms with van der Waals surface area (Å²) in [7, 11) is -2.99. The topological polar surface area (TPSA) is 40.2 Å². The first-order chi connectivity index (χ1) is 8.86. The molecule has 1 aromatic carbocycles. The number of benzene rings is 1. The average molecular weight is 267 g/mol. The highest BCUT2D eigenvalue weighted by atomic mass is 28.4. The number of nitrogens with zero attached hydrogens (tertiary/aromatic N) is 1. The van der Waals surface area contributed by atoms with Crippen molar-refractivity contribution in [3.05, 3.63) is 30.3 Å². The Labute approximate surface area is 108 Å². The average Bonchev–Trinajstić information content (AvgIpc) is 2.32. The second kappa shape index (κ2) is 5.37. The van der Waals surface area contributed by atoms with Crippen LogP contribution in [-0.4, -0.2) is 53.4 Å². The predicted molar refractivity (Wildman–Crippen MR) is 67.1 cm³/mol. The molecule has 0 atom stereocenters. The fourth-order valence-electron chi connectivity index (χ4n) is 2.08. The van der Waals surface area contributed by atoms with Gasteiger partial charge in [0.25, 0.3) is 0 Å². The maximum atomic E-state index is 5.90. The van der Waals surface area contributed by atoms with Crippen molar-refractivity contribution < 1.29 is 17.7 Å². The fraction of sp³-hybridized carbons (Fsp3) is 0.500. The van der Waals surface area contributed by atoms with E-state index in [1.165, 1.54) is 0 Å². The van der Waals surface area contributed by atoms with E-state index >= 15 is 0 Å². The van der Waals surface area contributed by atoms with Crippen LogP contribution in [0.4, 0.5) is 0 Å². The first kappa shape index (κ1) is 12.1. The Morgan fingerprint density at radius 1 is 0.889 bits per heavy atom. The monoisotopic (exact) mass is 267 g/mol. The third kappa shape index (κ3) is 2.73. The minimum absolute atomic E-state index is 0.596. The van der Waals surface area contributed by atoms with Crippen LogP contribution in [0.2, 0.25) is 0 Å². The van der Waals surface area contributed by atoms with E-state index in [9.17, 15) is 0 Å². The molecule has 0 spiro atoms. The zero-order chi connectivity index (χ0) is 12.3. The molecular weight excluding hydrogens is 250 g/mol. The van der Waals surface area contributed by atoms with Gasteiger partial charge in [-0.15, -0.1) is 0 Å². The smallest absolute Gasteiger partial charge is 0.480 e. The summed E-state index contributed by atoms with van der Waals surface area (Å²) in [6.07, 6.45) is 0. The minimum atomic E-state index is -2.99. The number of hydrogen-bond donors (Lipinski definition) is 0. The van der Waals surface area contributed by atoms with Gasteiger partial charge in [0, 0.05) is 19.6 Å². The van der Waals surface area contributed by atoms with Crippen molar-refractivity contribution in [2.24, 2.45) is 0 Å². The van der Waals surface area contributed by atoms with Crippen molar-refractivity contribution in [3.63, 3.8) is 0 Å². The third-order valence-electron chi connectivity index (χ3n) is 3.05. The molecule has 3 saturated heterocycles. The summed E-state index contributed by atoms with van der Waals surface area (Å²) in [6.45, 7) is 4.54. The van der Waals surface area contributed by atoms with Crippen molar-refractivity contribution in [1.82, 2.24) is 4.90 Å². The summed E-state index contributed by atoms with van der Waals surface area (Å²) in [5, 5.41) is 0. The Morgan fingerprint density at radius 3 is 2.00 bits per heavy atom. The number of fused-ring (bicyclic) bond motifs is 6. The van der Waals surface area contributed by atoms with E-state index in [4.69, 9.17) is 17.7 Å². The molecule has 0 aliphatic carbocycles. The van der Waals surface area contributed by atoms with Crippen LogP contribution < -0.4 is 4.43 Å². The quantitative estimate of drug-likeness (QED) is 0.744. The van der Waals surface area contributed by atoms with Crippen molar-refractivity contribution in [2.45, 2.75) is 0 Å². The summed E-state index contributed by atoms with van der Waals surface area (Å²) in [6, 6.07) is 9.58. The van der Waals surface area contributed by atoms with Crippen LogP contribution in [0.15, 0.2) is 30.3 Å². The fourth-order valence-corrected chi connectivity index (χ4v) is 3.96. The van der Waals surface area contributed by atoms with Crippen LogP contribution >= 0.6 is 0 Å². The van der Waals surface area contributed by atoms with E-state index in [-0.39, 0.29) is 0 Å². The molecule has 0 saturated carbocycles. The molecule has 3 aliphatic rings. The van der Waals surface area contributed by atoms with Gasteiger partial charge in [0.1, 0.15) is 5.75 Å². The highest BCUT2D eigenvalue weighted by Crippen LogP contribution is 2.21. The van der Waals surface area contributed by atoms with Crippen LogP contribution in [0.3, 0.4) is 0 Å². The molecule has 6 heteroatoms. The highest BCUT2D eigenvalue weighted by Gasteiger charge is 2.50. The molecule has 0 amide bonds. The van der Waals surface area contributed by atoms with Gasteiger partial charge in [-0.05, 0) is 12.1 Å². The lowest BCUT2D eigenvalue weighted by molar-refractivity contribution is -0.0496. The molecule has 4 rings (SSSR count). The number of hydrogen-bond acceptors (Lipinski definition) is 5. The van der Waals surface area contributed by atoms with Crippen molar-refractivity contribution in [2.75, 3.05) is 39.5 Å². The van der Waals surface area contributed by atoms with Crippen LogP contribution in [0.1, 0.15) is 0 Å². The third-order valence-corrected chi connectivity index (χ3v) is 5.20. The molecule has 3 aliphatic heterocycles. The summed E-state index contributed by atoms with van der Waals surface area (Å²) in [5.74, 6) is 0.738. The zero-order valence-corrected chi connectivity index (χ0v) is 11.2. The van der Waals surface area contributed by atoms with E-state index in [1.54, 1.807) is 0 Å². The van der Waals surface area contributed by atoms with E-state index in [2.05, 4.69) is 4.90 Å². The molecule has 3 heterocycles. The van der Waals surface area contributed by atoms with Crippen molar-refractivity contribution >= 4 is 9.05 Å². The van der Waals surface area contributed by atoms with Gasteiger partial charge in [-0.2, -0.15) is 0 Å². The van der Waals surface area contributed by atoms with Gasteiger partial charge in [-0.3, -0.25) is 4.90 Å². The second-order valence-corrected chi connectivity index (χ2v) is 6.37. The molecule has 18 heavy (non-hydrogen) atoms. The van der Waals surface area contributed by atoms with Crippen LogP contribution in [0.25, 0.3) is 0 Å². The Balaban J connectivity index is 1.77. The van der Waals surface area contributed by atoms with Crippen LogP contribution in [0.5, 0.6) is 5.75 Å². The van der Waals surface area contributed by atoms with Gasteiger partial charge in [0.15, 0.2) is 0 Å². The first-order valence-electron chi connectivity index (χ1n) is 6.25. The van der Waals surface area contributed by atoms with E-state index in [0.29, 0.717) is 19.8 Å². The lowest BCUT2D eigenvalue weighted by atomic mass is 10.3. The zero-order valence-electron chi connectivity index (χ0n) is 10.2. The molecule has 1 aromatic rings.